The van der Waals surface area contributed by atoms with Crippen LogP contribution < -0.4 is 0 Å². The molecule has 0 aromatic heterocycles. The lowest BCUT2D eigenvalue weighted by Crippen LogP contribution is -2.40. The van der Waals surface area contributed by atoms with E-state index in [9.17, 15) is 5.26 Å². The van der Waals surface area contributed by atoms with Crippen molar-refractivity contribution in [1.29, 1.82) is 0 Å². The van der Waals surface area contributed by atoms with E-state index in [-0.39, 0.29) is 5.41 Å². The van der Waals surface area contributed by atoms with E-state index in [4.69, 9.17) is 0 Å². The molecule has 0 heterocycles. The lowest BCUT2D eigenvalue weighted by molar-refractivity contribution is -0.386. The van der Waals surface area contributed by atoms with Crippen LogP contribution in [0, 0.1) is 5.41 Å². The smallest absolute Gasteiger partial charge is 0.106 e. The Morgan fingerprint density at radius 1 is 1.20 bits per heavy atom. The van der Waals surface area contributed by atoms with E-state index in [0.29, 0.717) is 0 Å². The van der Waals surface area contributed by atoms with Crippen molar-refractivity contribution in [1.82, 2.24) is 0 Å². The van der Waals surface area contributed by atoms with Gasteiger partial charge < -0.3 is 0 Å². The minimum Gasteiger partial charge on any atom is -0.197 e. The number of hydrogen-bond acceptors (Lipinski definition) is 1. The summed E-state index contributed by atoms with van der Waals surface area (Å²) in [7, 11) is 0. The molecule has 0 fully saturated rings. The maximum Gasteiger partial charge on any atom is 0.106 e. The van der Waals surface area contributed by atoms with Crippen molar-refractivity contribution in [3.05, 3.63) is 0 Å². The number of hydrogen-bond donors (Lipinski definition) is 0. The van der Waals surface area contributed by atoms with E-state index in [2.05, 4.69) is 11.8 Å². The summed E-state index contributed by atoms with van der Waals surface area (Å²) >= 11 is 0. The third kappa shape index (κ3) is 1.70. The number of rotatable bonds is 3. The van der Waals surface area contributed by atoms with E-state index >= 15 is 0 Å². The molecule has 0 unspecified atom stereocenters. The second kappa shape index (κ2) is 2.89. The van der Waals surface area contributed by atoms with Gasteiger partial charge in [-0.25, -0.2) is 0 Å². The van der Waals surface area contributed by atoms with Gasteiger partial charge in [0.25, 0.3) is 0 Å². The van der Waals surface area contributed by atoms with E-state index in [1.807, 2.05) is 27.7 Å². The van der Waals surface area contributed by atoms with Crippen molar-refractivity contribution in [2.24, 2.45) is 5.41 Å². The van der Waals surface area contributed by atoms with Crippen LogP contribution in [0.15, 0.2) is 0 Å². The normalized spacial score (nSPS) is 13.8. The largest absolute Gasteiger partial charge is 0.197 e. The second-order valence-corrected chi connectivity index (χ2v) is 3.83. The molecule has 2 heteroatoms. The highest BCUT2D eigenvalue weighted by Crippen LogP contribution is 2.35. The molecule has 0 aromatic carbocycles. The topological polar surface area (TPSA) is 29.1 Å². The first-order valence-electron chi connectivity index (χ1n) is 3.68. The minimum absolute atomic E-state index is 0.0469. The average Bonchev–Trinajstić information content (AvgIpc) is 1.88. The third-order valence-electron chi connectivity index (χ3n) is 2.72. The minimum atomic E-state index is -0.568. The van der Waals surface area contributed by atoms with Crippen LogP contribution in [0.1, 0.15) is 41.0 Å². The summed E-state index contributed by atoms with van der Waals surface area (Å²) in [5.41, 5.74) is -0.615. The lowest BCUT2D eigenvalue weighted by Gasteiger charge is -2.36. The Bertz CT molecular complexity index is 91.8. The van der Waals surface area contributed by atoms with Crippen LogP contribution in [-0.2, 0) is 10.1 Å². The highest BCUT2D eigenvalue weighted by atomic mass is 17.1. The fourth-order valence-corrected chi connectivity index (χ4v) is 0.539. The molecule has 2 nitrogen and oxygen atoms in total. The first-order valence-corrected chi connectivity index (χ1v) is 3.68. The summed E-state index contributed by atoms with van der Waals surface area (Å²) in [5, 5.41) is 10.3. The van der Waals surface area contributed by atoms with E-state index in [0.717, 1.165) is 6.42 Å². The van der Waals surface area contributed by atoms with Gasteiger partial charge in [0, 0.05) is 0 Å². The van der Waals surface area contributed by atoms with Crippen molar-refractivity contribution in [2.45, 2.75) is 46.6 Å². The maximum absolute atomic E-state index is 10.3. The standard InChI is InChI=1S/C8H17O2/c1-6-7(2,3)8(4,5)10-9/h6H2,1-5H3. The molecular weight excluding hydrogens is 128 g/mol. The van der Waals surface area contributed by atoms with Gasteiger partial charge in [-0.1, -0.05) is 20.8 Å². The molecule has 0 aliphatic heterocycles. The molecule has 0 aliphatic rings. The first kappa shape index (κ1) is 9.92. The second-order valence-electron chi connectivity index (χ2n) is 3.83. The van der Waals surface area contributed by atoms with Gasteiger partial charge >= 0.3 is 0 Å². The van der Waals surface area contributed by atoms with Crippen LogP contribution in [0.4, 0.5) is 0 Å². The molecule has 0 aliphatic carbocycles. The van der Waals surface area contributed by atoms with Crippen molar-refractivity contribution in [3.8, 4) is 0 Å². The van der Waals surface area contributed by atoms with Crippen LogP contribution in [0.25, 0.3) is 0 Å². The van der Waals surface area contributed by atoms with Gasteiger partial charge in [0.05, 0.1) is 0 Å². The molecule has 0 saturated heterocycles. The Labute approximate surface area is 63.1 Å². The van der Waals surface area contributed by atoms with Gasteiger partial charge in [-0.3, -0.25) is 0 Å². The summed E-state index contributed by atoms with van der Waals surface area (Å²) in [5.74, 6) is 0. The van der Waals surface area contributed by atoms with Crippen LogP contribution in [0.3, 0.4) is 0 Å². The fourth-order valence-electron chi connectivity index (χ4n) is 0.539. The first-order chi connectivity index (χ1) is 4.37. The van der Waals surface area contributed by atoms with Gasteiger partial charge in [0.1, 0.15) is 5.60 Å². The fraction of sp³-hybridized carbons (Fsp3) is 1.00. The van der Waals surface area contributed by atoms with Gasteiger partial charge in [-0.2, -0.15) is 4.89 Å². The zero-order valence-electron chi connectivity index (χ0n) is 7.52. The summed E-state index contributed by atoms with van der Waals surface area (Å²) in [6.07, 6.45) is 0.947. The molecule has 1 radical (unpaired) electrons. The Morgan fingerprint density at radius 3 is 1.70 bits per heavy atom. The lowest BCUT2D eigenvalue weighted by atomic mass is 9.75. The molecule has 61 valence electrons. The Balaban J connectivity index is 4.28. The van der Waals surface area contributed by atoms with Crippen molar-refractivity contribution < 1.29 is 10.1 Å². The van der Waals surface area contributed by atoms with Crippen LogP contribution in [0.5, 0.6) is 0 Å². The SMILES string of the molecule is CCC(C)(C)C(C)(C)O[O]. The monoisotopic (exact) mass is 145 g/mol. The third-order valence-corrected chi connectivity index (χ3v) is 2.72. The molecular formula is C8H17O2. The zero-order valence-corrected chi connectivity index (χ0v) is 7.52. The predicted octanol–water partition coefficient (Wildman–Crippen LogP) is 2.56. The summed E-state index contributed by atoms with van der Waals surface area (Å²) in [4.78, 5) is 4.14. The zero-order chi connectivity index (χ0) is 8.41. The molecule has 10 heavy (non-hydrogen) atoms. The molecule has 0 atom stereocenters. The van der Waals surface area contributed by atoms with E-state index in [1.165, 1.54) is 0 Å². The van der Waals surface area contributed by atoms with Crippen molar-refractivity contribution in [2.75, 3.05) is 0 Å². The molecule has 0 rings (SSSR count). The molecule has 0 bridgehead atoms. The van der Waals surface area contributed by atoms with Crippen molar-refractivity contribution in [3.63, 3.8) is 0 Å². The summed E-state index contributed by atoms with van der Waals surface area (Å²) < 4.78 is 0. The van der Waals surface area contributed by atoms with Crippen LogP contribution >= 0.6 is 0 Å². The molecule has 0 saturated carbocycles. The quantitative estimate of drug-likeness (QED) is 0.443. The molecule has 0 N–H and O–H groups in total. The summed E-state index contributed by atoms with van der Waals surface area (Å²) in [6, 6.07) is 0. The van der Waals surface area contributed by atoms with E-state index in [1.54, 1.807) is 0 Å². The molecule has 0 amide bonds. The average molecular weight is 145 g/mol. The van der Waals surface area contributed by atoms with Gasteiger partial charge in [-0.05, 0) is 30.9 Å². The Hall–Kier alpha value is -0.0800. The van der Waals surface area contributed by atoms with Crippen molar-refractivity contribution >= 4 is 0 Å². The van der Waals surface area contributed by atoms with Gasteiger partial charge in [0.15, 0.2) is 0 Å². The Kier molecular flexibility index (Phi) is 2.86. The molecule has 0 spiro atoms. The molecule has 0 aromatic rings. The highest BCUT2D eigenvalue weighted by molar-refractivity contribution is 4.85. The highest BCUT2D eigenvalue weighted by Gasteiger charge is 2.37. The predicted molar refractivity (Wildman–Crippen MR) is 39.9 cm³/mol. The van der Waals surface area contributed by atoms with Crippen LogP contribution in [0.2, 0.25) is 0 Å². The maximum atomic E-state index is 10.3. The van der Waals surface area contributed by atoms with Gasteiger partial charge in [0.2, 0.25) is 0 Å². The van der Waals surface area contributed by atoms with E-state index < -0.39 is 5.60 Å². The van der Waals surface area contributed by atoms with Gasteiger partial charge in [-0.15, -0.1) is 0 Å². The Morgan fingerprint density at radius 2 is 1.60 bits per heavy atom. The van der Waals surface area contributed by atoms with Crippen LogP contribution in [-0.4, -0.2) is 5.60 Å². The summed E-state index contributed by atoms with van der Waals surface area (Å²) in [6.45, 7) is 9.77.